The molecule has 0 saturated heterocycles. The van der Waals surface area contributed by atoms with Crippen LogP contribution in [0.15, 0.2) is 22.8 Å². The third-order valence-corrected chi connectivity index (χ3v) is 3.28. The SMILES string of the molecule is CCc1nc(C)ccc1Oc1nc(CNC2CC2)co1. The Balaban J connectivity index is 1.67. The van der Waals surface area contributed by atoms with Gasteiger partial charge in [-0.15, -0.1) is 0 Å². The first kappa shape index (κ1) is 13.1. The summed E-state index contributed by atoms with van der Waals surface area (Å²) in [7, 11) is 0. The molecule has 3 rings (SSSR count). The van der Waals surface area contributed by atoms with Crippen molar-refractivity contribution in [2.75, 3.05) is 0 Å². The minimum absolute atomic E-state index is 0.276. The Morgan fingerprint density at radius 1 is 1.35 bits per heavy atom. The van der Waals surface area contributed by atoms with Gasteiger partial charge in [0.2, 0.25) is 0 Å². The molecule has 2 aromatic heterocycles. The molecule has 20 heavy (non-hydrogen) atoms. The number of rotatable bonds is 6. The Bertz CT molecular complexity index is 591. The van der Waals surface area contributed by atoms with Crippen LogP contribution in [0.5, 0.6) is 11.8 Å². The van der Waals surface area contributed by atoms with E-state index < -0.39 is 0 Å². The summed E-state index contributed by atoms with van der Waals surface area (Å²) in [5.74, 6) is 0.710. The van der Waals surface area contributed by atoms with Gasteiger partial charge in [0.05, 0.1) is 11.4 Å². The van der Waals surface area contributed by atoms with Crippen LogP contribution in [0.1, 0.15) is 36.8 Å². The second-order valence-electron chi connectivity index (χ2n) is 5.11. The number of hydrogen-bond acceptors (Lipinski definition) is 5. The molecule has 5 nitrogen and oxygen atoms in total. The molecular weight excluding hydrogens is 254 g/mol. The molecular formula is C15H19N3O2. The maximum atomic E-state index is 5.69. The average molecular weight is 273 g/mol. The summed E-state index contributed by atoms with van der Waals surface area (Å²) in [6.45, 7) is 4.75. The summed E-state index contributed by atoms with van der Waals surface area (Å²) in [4.78, 5) is 8.78. The number of ether oxygens (including phenoxy) is 1. The van der Waals surface area contributed by atoms with Gasteiger partial charge in [0.25, 0.3) is 0 Å². The van der Waals surface area contributed by atoms with Gasteiger partial charge in [-0.1, -0.05) is 6.92 Å². The third-order valence-electron chi connectivity index (χ3n) is 3.28. The first-order valence-corrected chi connectivity index (χ1v) is 7.06. The maximum absolute atomic E-state index is 5.69. The Morgan fingerprint density at radius 3 is 2.95 bits per heavy atom. The number of nitrogens with zero attached hydrogens (tertiary/aromatic N) is 2. The van der Waals surface area contributed by atoms with Crippen LogP contribution in [-0.2, 0) is 13.0 Å². The van der Waals surface area contributed by atoms with Gasteiger partial charge in [-0.3, -0.25) is 4.98 Å². The van der Waals surface area contributed by atoms with E-state index in [1.54, 1.807) is 6.26 Å². The molecule has 0 atom stereocenters. The second kappa shape index (κ2) is 5.63. The molecule has 2 aromatic rings. The summed E-state index contributed by atoms with van der Waals surface area (Å²) in [6.07, 6.45) is 5.25. The van der Waals surface area contributed by atoms with Crippen LogP contribution in [0.2, 0.25) is 0 Å². The van der Waals surface area contributed by atoms with E-state index in [1.165, 1.54) is 12.8 Å². The van der Waals surface area contributed by atoms with Gasteiger partial charge in [0, 0.05) is 18.3 Å². The van der Waals surface area contributed by atoms with E-state index in [1.807, 2.05) is 19.1 Å². The fraction of sp³-hybridized carbons (Fsp3) is 0.467. The Hall–Kier alpha value is -1.88. The summed E-state index contributed by atoms with van der Waals surface area (Å²) in [6, 6.07) is 4.49. The minimum atomic E-state index is 0.276. The number of aromatic nitrogens is 2. The van der Waals surface area contributed by atoms with E-state index in [4.69, 9.17) is 9.15 Å². The standard InChI is InChI=1S/C15H19N3O2/c1-3-13-14(7-4-10(2)17-13)20-15-18-12(9-19-15)8-16-11-5-6-11/h4,7,9,11,16H,3,5-6,8H2,1-2H3. The highest BCUT2D eigenvalue weighted by Gasteiger charge is 2.20. The topological polar surface area (TPSA) is 60.2 Å². The summed E-state index contributed by atoms with van der Waals surface area (Å²) in [5.41, 5.74) is 2.77. The third kappa shape index (κ3) is 3.17. The zero-order valence-corrected chi connectivity index (χ0v) is 11.8. The highest BCUT2D eigenvalue weighted by Crippen LogP contribution is 2.25. The van der Waals surface area contributed by atoms with Gasteiger partial charge in [-0.25, -0.2) is 0 Å². The van der Waals surface area contributed by atoms with Crippen LogP contribution >= 0.6 is 0 Å². The molecule has 0 spiro atoms. The van der Waals surface area contributed by atoms with E-state index >= 15 is 0 Å². The van der Waals surface area contributed by atoms with Gasteiger partial charge < -0.3 is 14.5 Å². The molecule has 1 saturated carbocycles. The van der Waals surface area contributed by atoms with Crippen molar-refractivity contribution in [1.29, 1.82) is 0 Å². The van der Waals surface area contributed by atoms with Gasteiger partial charge in [-0.2, -0.15) is 4.98 Å². The van der Waals surface area contributed by atoms with Gasteiger partial charge in [0.15, 0.2) is 5.75 Å². The molecule has 1 fully saturated rings. The minimum Gasteiger partial charge on any atom is -0.417 e. The van der Waals surface area contributed by atoms with Crippen molar-refractivity contribution in [1.82, 2.24) is 15.3 Å². The summed E-state index contributed by atoms with van der Waals surface area (Å²) in [5, 5.41) is 3.39. The number of pyridine rings is 1. The van der Waals surface area contributed by atoms with Crippen LogP contribution in [0.25, 0.3) is 0 Å². The van der Waals surface area contributed by atoms with E-state index in [0.717, 1.165) is 30.0 Å². The Labute approximate surface area is 118 Å². The molecule has 0 unspecified atom stereocenters. The summed E-state index contributed by atoms with van der Waals surface area (Å²) >= 11 is 0. The molecule has 0 radical (unpaired) electrons. The lowest BCUT2D eigenvalue weighted by atomic mass is 10.2. The highest BCUT2D eigenvalue weighted by atomic mass is 16.6. The van der Waals surface area contributed by atoms with Crippen molar-refractivity contribution >= 4 is 0 Å². The van der Waals surface area contributed by atoms with Crippen LogP contribution in [0.4, 0.5) is 0 Å². The second-order valence-corrected chi connectivity index (χ2v) is 5.11. The molecule has 0 aromatic carbocycles. The zero-order valence-electron chi connectivity index (χ0n) is 11.8. The number of hydrogen-bond donors (Lipinski definition) is 1. The number of aryl methyl sites for hydroxylation is 2. The van der Waals surface area contributed by atoms with E-state index in [-0.39, 0.29) is 6.08 Å². The Morgan fingerprint density at radius 2 is 2.20 bits per heavy atom. The van der Waals surface area contributed by atoms with E-state index in [9.17, 15) is 0 Å². The fourth-order valence-electron chi connectivity index (χ4n) is 1.99. The lowest BCUT2D eigenvalue weighted by Crippen LogP contribution is -2.15. The molecule has 106 valence electrons. The van der Waals surface area contributed by atoms with Crippen molar-refractivity contribution in [3.05, 3.63) is 35.5 Å². The monoisotopic (exact) mass is 273 g/mol. The molecule has 1 aliphatic carbocycles. The van der Waals surface area contributed by atoms with Crippen LogP contribution in [0, 0.1) is 6.92 Å². The van der Waals surface area contributed by atoms with Crippen molar-refractivity contribution < 1.29 is 9.15 Å². The normalized spacial score (nSPS) is 14.5. The van der Waals surface area contributed by atoms with Crippen LogP contribution in [-0.4, -0.2) is 16.0 Å². The predicted molar refractivity (Wildman–Crippen MR) is 74.8 cm³/mol. The van der Waals surface area contributed by atoms with Crippen molar-refractivity contribution in [2.24, 2.45) is 0 Å². The molecule has 0 aliphatic heterocycles. The largest absolute Gasteiger partial charge is 0.417 e. The molecule has 1 N–H and O–H groups in total. The molecule has 2 heterocycles. The van der Waals surface area contributed by atoms with Crippen LogP contribution < -0.4 is 10.1 Å². The lowest BCUT2D eigenvalue weighted by Gasteiger charge is -2.06. The predicted octanol–water partition coefficient (Wildman–Crippen LogP) is 2.98. The first-order chi connectivity index (χ1) is 9.74. The Kier molecular flexibility index (Phi) is 3.69. The van der Waals surface area contributed by atoms with Gasteiger partial charge in [-0.05, 0) is 38.3 Å². The fourth-order valence-corrected chi connectivity index (χ4v) is 1.99. The quantitative estimate of drug-likeness (QED) is 0.876. The molecule has 1 aliphatic rings. The van der Waals surface area contributed by atoms with Crippen molar-refractivity contribution in [3.8, 4) is 11.8 Å². The average Bonchev–Trinajstić information content (AvgIpc) is 3.18. The van der Waals surface area contributed by atoms with Gasteiger partial charge in [0.1, 0.15) is 6.26 Å². The molecule has 0 amide bonds. The van der Waals surface area contributed by atoms with E-state index in [0.29, 0.717) is 11.8 Å². The zero-order chi connectivity index (χ0) is 13.9. The van der Waals surface area contributed by atoms with Crippen LogP contribution in [0.3, 0.4) is 0 Å². The molecule has 5 heteroatoms. The lowest BCUT2D eigenvalue weighted by molar-refractivity contribution is 0.327. The highest BCUT2D eigenvalue weighted by molar-refractivity contribution is 5.31. The first-order valence-electron chi connectivity index (χ1n) is 7.06. The number of nitrogens with one attached hydrogen (secondary N) is 1. The smallest absolute Gasteiger partial charge is 0.399 e. The number of oxazole rings is 1. The summed E-state index contributed by atoms with van der Waals surface area (Å²) < 4.78 is 11.0. The van der Waals surface area contributed by atoms with E-state index in [2.05, 4.69) is 22.2 Å². The van der Waals surface area contributed by atoms with Crippen molar-refractivity contribution in [3.63, 3.8) is 0 Å². The molecule has 0 bridgehead atoms. The van der Waals surface area contributed by atoms with Gasteiger partial charge >= 0.3 is 6.08 Å². The van der Waals surface area contributed by atoms with Crippen molar-refractivity contribution in [2.45, 2.75) is 45.7 Å². The maximum Gasteiger partial charge on any atom is 0.399 e.